The maximum atomic E-state index is 12.1. The number of hydrogen-bond acceptors (Lipinski definition) is 6. The first kappa shape index (κ1) is 21.6. The smallest absolute Gasteiger partial charge is 0.270 e. The van der Waals surface area contributed by atoms with E-state index in [1.54, 1.807) is 6.07 Å². The standard InChI is InChI=1S/C16H14Cl2N4O5S/c1-28(26,27)21(15-8-12(17)5-6-14(15)18)10-16(23)20-19-9-11-3-2-4-13(7-11)22(24)25/h2-9H,10H2,1H3,(H,20,23)/b19-9-. The monoisotopic (exact) mass is 444 g/mol. The molecule has 0 saturated carbocycles. The Balaban J connectivity index is 2.13. The van der Waals surface area contributed by atoms with Crippen molar-refractivity contribution in [3.05, 3.63) is 68.2 Å². The summed E-state index contributed by atoms with van der Waals surface area (Å²) in [5.74, 6) is -0.747. The van der Waals surface area contributed by atoms with E-state index in [4.69, 9.17) is 23.2 Å². The number of hydrazone groups is 1. The molecule has 0 aromatic heterocycles. The lowest BCUT2D eigenvalue weighted by atomic mass is 10.2. The van der Waals surface area contributed by atoms with Crippen LogP contribution in [0, 0.1) is 10.1 Å². The zero-order chi connectivity index (χ0) is 20.9. The molecule has 1 amide bonds. The summed E-state index contributed by atoms with van der Waals surface area (Å²) in [7, 11) is -3.84. The van der Waals surface area contributed by atoms with Gasteiger partial charge in [0.05, 0.1) is 28.1 Å². The van der Waals surface area contributed by atoms with Crippen LogP contribution in [0.3, 0.4) is 0 Å². The third-order valence-corrected chi connectivity index (χ3v) is 5.03. The fraction of sp³-hybridized carbons (Fsp3) is 0.125. The molecule has 0 fully saturated rings. The number of halogens is 2. The molecule has 0 aliphatic carbocycles. The summed E-state index contributed by atoms with van der Waals surface area (Å²) in [5.41, 5.74) is 2.47. The Bertz CT molecular complexity index is 1040. The summed E-state index contributed by atoms with van der Waals surface area (Å²) in [5, 5.41) is 14.8. The van der Waals surface area contributed by atoms with Gasteiger partial charge in [-0.1, -0.05) is 35.3 Å². The van der Waals surface area contributed by atoms with Crippen molar-refractivity contribution in [1.29, 1.82) is 0 Å². The average molecular weight is 445 g/mol. The van der Waals surface area contributed by atoms with E-state index in [1.165, 1.54) is 42.6 Å². The van der Waals surface area contributed by atoms with Gasteiger partial charge in [-0.2, -0.15) is 5.10 Å². The molecule has 12 heteroatoms. The number of nitrogens with one attached hydrogen (secondary N) is 1. The van der Waals surface area contributed by atoms with Crippen LogP contribution in [-0.2, 0) is 14.8 Å². The first-order valence-corrected chi connectivity index (χ1v) is 10.2. The Labute approximate surface area is 170 Å². The topological polar surface area (TPSA) is 122 Å². The highest BCUT2D eigenvalue weighted by atomic mass is 35.5. The van der Waals surface area contributed by atoms with Crippen LogP contribution >= 0.6 is 23.2 Å². The Morgan fingerprint density at radius 2 is 2.00 bits per heavy atom. The number of carbonyl (C=O) groups is 1. The number of nitro groups is 1. The third kappa shape index (κ3) is 5.91. The quantitative estimate of drug-likeness (QED) is 0.399. The molecule has 0 saturated heterocycles. The summed E-state index contributed by atoms with van der Waals surface area (Å²) in [4.78, 5) is 22.3. The molecular weight excluding hydrogens is 431 g/mol. The Kier molecular flexibility index (Phi) is 6.95. The van der Waals surface area contributed by atoms with E-state index in [9.17, 15) is 23.3 Å². The number of sulfonamides is 1. The van der Waals surface area contributed by atoms with Crippen LogP contribution in [-0.4, -0.2) is 38.3 Å². The van der Waals surface area contributed by atoms with Gasteiger partial charge >= 0.3 is 0 Å². The molecule has 2 rings (SSSR count). The second kappa shape index (κ2) is 9.00. The van der Waals surface area contributed by atoms with Gasteiger partial charge in [-0.3, -0.25) is 19.2 Å². The fourth-order valence-corrected chi connectivity index (χ4v) is 3.42. The largest absolute Gasteiger partial charge is 0.271 e. The van der Waals surface area contributed by atoms with Crippen LogP contribution in [0.25, 0.3) is 0 Å². The third-order valence-electron chi connectivity index (χ3n) is 3.35. The fourth-order valence-electron chi connectivity index (χ4n) is 2.12. The Hall–Kier alpha value is -2.69. The summed E-state index contributed by atoms with van der Waals surface area (Å²) >= 11 is 11.9. The first-order chi connectivity index (χ1) is 13.1. The minimum absolute atomic E-state index is 0.0504. The second-order valence-corrected chi connectivity index (χ2v) is 8.26. The van der Waals surface area contributed by atoms with Crippen LogP contribution in [0.2, 0.25) is 10.0 Å². The normalized spacial score (nSPS) is 11.4. The maximum Gasteiger partial charge on any atom is 0.270 e. The van der Waals surface area contributed by atoms with Crippen LogP contribution in [0.4, 0.5) is 11.4 Å². The van der Waals surface area contributed by atoms with Crippen molar-refractivity contribution in [1.82, 2.24) is 5.43 Å². The summed E-state index contributed by atoms with van der Waals surface area (Å²) in [6.45, 7) is -0.592. The number of benzene rings is 2. The highest BCUT2D eigenvalue weighted by Gasteiger charge is 2.23. The van der Waals surface area contributed by atoms with Gasteiger partial charge in [0.25, 0.3) is 11.6 Å². The lowest BCUT2D eigenvalue weighted by molar-refractivity contribution is -0.384. The van der Waals surface area contributed by atoms with E-state index >= 15 is 0 Å². The molecule has 2 aromatic carbocycles. The number of nitrogens with zero attached hydrogens (tertiary/aromatic N) is 3. The van der Waals surface area contributed by atoms with Crippen molar-refractivity contribution in [3.8, 4) is 0 Å². The van der Waals surface area contributed by atoms with Gasteiger partial charge in [0, 0.05) is 22.7 Å². The summed E-state index contributed by atoms with van der Waals surface area (Å²) < 4.78 is 24.9. The molecule has 0 bridgehead atoms. The lowest BCUT2D eigenvalue weighted by Gasteiger charge is -2.22. The van der Waals surface area contributed by atoms with Crippen LogP contribution < -0.4 is 9.73 Å². The number of anilines is 1. The van der Waals surface area contributed by atoms with Crippen LogP contribution in [0.5, 0.6) is 0 Å². The minimum atomic E-state index is -3.84. The Morgan fingerprint density at radius 1 is 1.29 bits per heavy atom. The lowest BCUT2D eigenvalue weighted by Crippen LogP contribution is -2.39. The van der Waals surface area contributed by atoms with Crippen LogP contribution in [0.1, 0.15) is 5.56 Å². The molecule has 0 atom stereocenters. The molecule has 0 spiro atoms. The van der Waals surface area contributed by atoms with Gasteiger partial charge in [0.1, 0.15) is 6.54 Å². The summed E-state index contributed by atoms with van der Waals surface area (Å²) in [6.07, 6.45) is 2.12. The molecule has 28 heavy (non-hydrogen) atoms. The first-order valence-electron chi connectivity index (χ1n) is 7.57. The van der Waals surface area contributed by atoms with E-state index in [2.05, 4.69) is 10.5 Å². The van der Waals surface area contributed by atoms with E-state index in [-0.39, 0.29) is 21.4 Å². The van der Waals surface area contributed by atoms with E-state index in [0.29, 0.717) is 5.56 Å². The number of hydrogen-bond donors (Lipinski definition) is 1. The number of carbonyl (C=O) groups excluding carboxylic acids is 1. The predicted molar refractivity (Wildman–Crippen MR) is 107 cm³/mol. The number of rotatable bonds is 7. The van der Waals surface area contributed by atoms with Crippen molar-refractivity contribution < 1.29 is 18.1 Å². The second-order valence-electron chi connectivity index (χ2n) is 5.51. The van der Waals surface area contributed by atoms with Crippen molar-refractivity contribution in [3.63, 3.8) is 0 Å². The van der Waals surface area contributed by atoms with Gasteiger partial charge in [-0.25, -0.2) is 13.8 Å². The molecule has 0 aliphatic rings. The van der Waals surface area contributed by atoms with Gasteiger partial charge in [0.2, 0.25) is 10.0 Å². The molecule has 0 heterocycles. The van der Waals surface area contributed by atoms with E-state index in [0.717, 1.165) is 10.6 Å². The highest BCUT2D eigenvalue weighted by molar-refractivity contribution is 7.92. The van der Waals surface area contributed by atoms with Gasteiger partial charge < -0.3 is 0 Å². The zero-order valence-electron chi connectivity index (χ0n) is 14.4. The highest BCUT2D eigenvalue weighted by Crippen LogP contribution is 2.30. The average Bonchev–Trinajstić information content (AvgIpc) is 2.61. The number of amides is 1. The van der Waals surface area contributed by atoms with Gasteiger partial charge in [-0.05, 0) is 18.2 Å². The number of non-ortho nitro benzene ring substituents is 1. The Morgan fingerprint density at radius 3 is 2.64 bits per heavy atom. The number of nitro benzene ring substituents is 1. The van der Waals surface area contributed by atoms with Crippen molar-refractivity contribution in [2.24, 2.45) is 5.10 Å². The van der Waals surface area contributed by atoms with Gasteiger partial charge in [-0.15, -0.1) is 0 Å². The summed E-state index contributed by atoms with van der Waals surface area (Å²) in [6, 6.07) is 9.82. The van der Waals surface area contributed by atoms with E-state index < -0.39 is 27.4 Å². The molecular formula is C16H14Cl2N4O5S. The molecule has 2 aromatic rings. The SMILES string of the molecule is CS(=O)(=O)N(CC(=O)N/N=C\c1cccc([N+](=O)[O-])c1)c1cc(Cl)ccc1Cl. The molecule has 0 unspecified atom stereocenters. The van der Waals surface area contributed by atoms with Crippen LogP contribution in [0.15, 0.2) is 47.6 Å². The molecule has 0 aliphatic heterocycles. The minimum Gasteiger partial charge on any atom is -0.271 e. The van der Waals surface area contributed by atoms with E-state index in [1.807, 2.05) is 0 Å². The zero-order valence-corrected chi connectivity index (χ0v) is 16.7. The van der Waals surface area contributed by atoms with Crippen molar-refractivity contribution >= 4 is 56.7 Å². The van der Waals surface area contributed by atoms with Crippen molar-refractivity contribution in [2.75, 3.05) is 17.1 Å². The van der Waals surface area contributed by atoms with Gasteiger partial charge in [0.15, 0.2) is 0 Å². The maximum absolute atomic E-state index is 12.1. The molecule has 148 valence electrons. The molecule has 0 radical (unpaired) electrons. The molecule has 9 nitrogen and oxygen atoms in total. The van der Waals surface area contributed by atoms with Crippen molar-refractivity contribution in [2.45, 2.75) is 0 Å². The molecule has 1 N–H and O–H groups in total. The predicted octanol–water partition coefficient (Wildman–Crippen LogP) is 2.82.